The fraction of sp³-hybridized carbons (Fsp3) is 0.606. The van der Waals surface area contributed by atoms with Gasteiger partial charge in [0.1, 0.15) is 12.4 Å². The summed E-state index contributed by atoms with van der Waals surface area (Å²) in [6, 6.07) is 12.0. The van der Waals surface area contributed by atoms with Crippen LogP contribution in [0.15, 0.2) is 46.9 Å². The topological polar surface area (TPSA) is 84.5 Å². The number of carbonyl (C=O) groups is 1. The number of amidine groups is 2. The fourth-order valence-electron chi connectivity index (χ4n) is 8.04. The maximum absolute atomic E-state index is 12.5. The smallest absolute Gasteiger partial charge is 0.313 e. The number of piperazine rings is 1. The van der Waals surface area contributed by atoms with Crippen molar-refractivity contribution in [3.63, 3.8) is 0 Å². The molecule has 0 N–H and O–H groups in total. The van der Waals surface area contributed by atoms with E-state index >= 15 is 0 Å². The lowest BCUT2D eigenvalue weighted by Crippen LogP contribution is -2.58. The highest BCUT2D eigenvalue weighted by atomic mass is 16.5. The number of aryl methyl sites for hydroxylation is 1. The predicted octanol–water partition coefficient (Wildman–Crippen LogP) is 4.34. The van der Waals surface area contributed by atoms with Crippen molar-refractivity contribution in [2.45, 2.75) is 82.3 Å². The SMILES string of the molecule is C=CC(=O)N1CCN(C2=NC(OCC3CCCN3C)=NC3CC4(CC[C]23)CCc2ccccc2C4C)CC1CC#N. The molecule has 1 saturated carbocycles. The van der Waals surface area contributed by atoms with E-state index in [0.717, 1.165) is 44.5 Å². The average Bonchev–Trinajstić information content (AvgIpc) is 3.41. The van der Waals surface area contributed by atoms with Gasteiger partial charge in [-0.2, -0.15) is 10.3 Å². The monoisotopic (exact) mass is 555 g/mol. The van der Waals surface area contributed by atoms with E-state index in [1.54, 1.807) is 4.90 Å². The number of hydrogen-bond donors (Lipinski definition) is 0. The zero-order chi connectivity index (χ0) is 28.6. The molecule has 8 nitrogen and oxygen atoms in total. The normalized spacial score (nSPS) is 32.0. The molecule has 1 radical (unpaired) electrons. The third kappa shape index (κ3) is 5.30. The second-order valence-corrected chi connectivity index (χ2v) is 12.7. The Morgan fingerprint density at radius 2 is 2.05 bits per heavy atom. The second kappa shape index (κ2) is 11.6. The maximum Gasteiger partial charge on any atom is 0.313 e. The number of aliphatic imine (C=N–C) groups is 2. The quantitative estimate of drug-likeness (QED) is 0.516. The van der Waals surface area contributed by atoms with Crippen molar-refractivity contribution < 1.29 is 9.53 Å². The van der Waals surface area contributed by atoms with E-state index in [2.05, 4.69) is 60.7 Å². The minimum Gasteiger partial charge on any atom is -0.462 e. The molecular formula is C33H43N6O2. The molecule has 6 rings (SSSR count). The zero-order valence-corrected chi connectivity index (χ0v) is 24.6. The van der Waals surface area contributed by atoms with E-state index in [4.69, 9.17) is 14.7 Å². The third-order valence-electron chi connectivity index (χ3n) is 10.6. The van der Waals surface area contributed by atoms with Gasteiger partial charge in [0.2, 0.25) is 5.91 Å². The summed E-state index contributed by atoms with van der Waals surface area (Å²) in [5.74, 6) is 2.63. The van der Waals surface area contributed by atoms with Gasteiger partial charge < -0.3 is 19.4 Å². The molecule has 3 heterocycles. The number of likely N-dealkylation sites (tertiary alicyclic amines) is 1. The Labute approximate surface area is 244 Å². The van der Waals surface area contributed by atoms with Crippen LogP contribution in [-0.4, -0.2) is 90.4 Å². The van der Waals surface area contributed by atoms with Gasteiger partial charge in [-0.15, -0.1) is 0 Å². The van der Waals surface area contributed by atoms with Crippen LogP contribution in [0.5, 0.6) is 0 Å². The molecule has 2 saturated heterocycles. The first-order valence-electron chi connectivity index (χ1n) is 15.4. The van der Waals surface area contributed by atoms with E-state index in [1.807, 2.05) is 0 Å². The Hall–Kier alpha value is -3.18. The van der Waals surface area contributed by atoms with E-state index in [9.17, 15) is 10.1 Å². The van der Waals surface area contributed by atoms with Crippen molar-refractivity contribution in [2.75, 3.05) is 39.8 Å². The summed E-state index contributed by atoms with van der Waals surface area (Å²) in [6.07, 6.45) is 9.38. The molecule has 0 bridgehead atoms. The number of ether oxygens (including phenoxy) is 1. The third-order valence-corrected chi connectivity index (χ3v) is 10.6. The molecule has 5 unspecified atom stereocenters. The van der Waals surface area contributed by atoms with Gasteiger partial charge in [-0.05, 0) is 87.1 Å². The molecule has 5 atom stereocenters. The van der Waals surface area contributed by atoms with Crippen LogP contribution in [0.1, 0.15) is 68.9 Å². The van der Waals surface area contributed by atoms with Crippen molar-refractivity contribution in [1.82, 2.24) is 14.7 Å². The number of nitrogens with zero attached hydrogens (tertiary/aromatic N) is 6. The van der Waals surface area contributed by atoms with Crippen LogP contribution in [0, 0.1) is 22.7 Å². The van der Waals surface area contributed by atoms with Crippen LogP contribution < -0.4 is 0 Å². The van der Waals surface area contributed by atoms with Gasteiger partial charge in [-0.25, -0.2) is 4.99 Å². The van der Waals surface area contributed by atoms with Gasteiger partial charge in [-0.3, -0.25) is 4.79 Å². The highest BCUT2D eigenvalue weighted by Gasteiger charge is 2.50. The molecule has 1 amide bonds. The van der Waals surface area contributed by atoms with Crippen LogP contribution in [0.2, 0.25) is 0 Å². The van der Waals surface area contributed by atoms with E-state index in [0.29, 0.717) is 44.2 Å². The van der Waals surface area contributed by atoms with Crippen LogP contribution in [-0.2, 0) is 16.0 Å². The summed E-state index contributed by atoms with van der Waals surface area (Å²) < 4.78 is 6.37. The largest absolute Gasteiger partial charge is 0.462 e. The summed E-state index contributed by atoms with van der Waals surface area (Å²) in [5, 5.41) is 9.54. The van der Waals surface area contributed by atoms with Gasteiger partial charge >= 0.3 is 6.02 Å². The first-order valence-corrected chi connectivity index (χ1v) is 15.4. The molecule has 2 aliphatic carbocycles. The fourth-order valence-corrected chi connectivity index (χ4v) is 8.04. The van der Waals surface area contributed by atoms with Gasteiger partial charge in [0.05, 0.1) is 30.5 Å². The summed E-state index contributed by atoms with van der Waals surface area (Å²) in [5.41, 5.74) is 3.21. The van der Waals surface area contributed by atoms with Crippen molar-refractivity contribution in [1.29, 1.82) is 5.26 Å². The molecule has 3 fully saturated rings. The van der Waals surface area contributed by atoms with Gasteiger partial charge in [0.25, 0.3) is 0 Å². The highest BCUT2D eigenvalue weighted by Crippen LogP contribution is 2.56. The van der Waals surface area contributed by atoms with Gasteiger partial charge in [-0.1, -0.05) is 37.8 Å². The molecule has 0 aromatic heterocycles. The van der Waals surface area contributed by atoms with Crippen molar-refractivity contribution in [2.24, 2.45) is 15.4 Å². The Balaban J connectivity index is 1.27. The molecule has 1 aromatic carbocycles. The Kier molecular flexibility index (Phi) is 7.91. The number of hydrogen-bond acceptors (Lipinski definition) is 7. The molecule has 3 aliphatic heterocycles. The minimum absolute atomic E-state index is 0.0440. The highest BCUT2D eigenvalue weighted by molar-refractivity contribution is 6.05. The van der Waals surface area contributed by atoms with Gasteiger partial charge in [0, 0.05) is 25.7 Å². The molecular weight excluding hydrogens is 512 g/mol. The first-order chi connectivity index (χ1) is 19.9. The number of benzene rings is 1. The van der Waals surface area contributed by atoms with E-state index in [1.165, 1.54) is 36.0 Å². The van der Waals surface area contributed by atoms with Crippen LogP contribution >= 0.6 is 0 Å². The van der Waals surface area contributed by atoms with Crippen LogP contribution in [0.3, 0.4) is 0 Å². The lowest BCUT2D eigenvalue weighted by Gasteiger charge is -2.52. The van der Waals surface area contributed by atoms with Gasteiger partial charge in [0.15, 0.2) is 0 Å². The number of likely N-dealkylation sites (N-methyl/N-ethyl adjacent to an activating group) is 1. The molecule has 8 heteroatoms. The Morgan fingerprint density at radius 3 is 2.83 bits per heavy atom. The number of amides is 1. The standard InChI is InChI=1S/C33H43N6O2/c1-4-30(40)39-19-18-38(21-25(39)13-16-34)31-28-12-15-33(14-11-24-8-5-6-10-27(24)23(33)2)20-29(28)35-32(36-31)41-22-26-9-7-17-37(26)3/h4-6,8,10,23,25-26,29H,1,7,9,11-15,17-22H2,2-3H3. The van der Waals surface area contributed by atoms with Crippen molar-refractivity contribution in [3.8, 4) is 6.07 Å². The van der Waals surface area contributed by atoms with Crippen molar-refractivity contribution in [3.05, 3.63) is 54.0 Å². The summed E-state index contributed by atoms with van der Waals surface area (Å²) in [6.45, 7) is 9.59. The average molecular weight is 556 g/mol. The summed E-state index contributed by atoms with van der Waals surface area (Å²) in [4.78, 5) is 29.2. The number of rotatable bonds is 4. The number of fused-ring (bicyclic) bond motifs is 2. The molecule has 1 spiro atoms. The lowest BCUT2D eigenvalue weighted by molar-refractivity contribution is -0.130. The van der Waals surface area contributed by atoms with E-state index in [-0.39, 0.29) is 29.8 Å². The second-order valence-electron chi connectivity index (χ2n) is 12.7. The zero-order valence-electron chi connectivity index (χ0n) is 24.6. The predicted molar refractivity (Wildman–Crippen MR) is 160 cm³/mol. The van der Waals surface area contributed by atoms with Crippen LogP contribution in [0.4, 0.5) is 0 Å². The lowest BCUT2D eigenvalue weighted by atomic mass is 9.55. The maximum atomic E-state index is 12.5. The van der Waals surface area contributed by atoms with Crippen LogP contribution in [0.25, 0.3) is 0 Å². The van der Waals surface area contributed by atoms with Crippen molar-refractivity contribution >= 4 is 17.8 Å². The summed E-state index contributed by atoms with van der Waals surface area (Å²) in [7, 11) is 2.16. The first kappa shape index (κ1) is 28.0. The molecule has 217 valence electrons. The number of carbonyl (C=O) groups excluding carboxylic acids is 1. The Morgan fingerprint density at radius 1 is 1.22 bits per heavy atom. The molecule has 5 aliphatic rings. The van der Waals surface area contributed by atoms with E-state index < -0.39 is 0 Å². The molecule has 1 aromatic rings. The Bertz CT molecular complexity index is 1270. The molecule has 41 heavy (non-hydrogen) atoms. The summed E-state index contributed by atoms with van der Waals surface area (Å²) >= 11 is 0. The minimum atomic E-state index is -0.193. The number of nitriles is 1.